The van der Waals surface area contributed by atoms with Crippen LogP contribution in [0.5, 0.6) is 11.5 Å². The van der Waals surface area contributed by atoms with E-state index in [9.17, 15) is 19.1 Å². The maximum Gasteiger partial charge on any atom is 0.328 e. The van der Waals surface area contributed by atoms with Gasteiger partial charge in [-0.1, -0.05) is 26.3 Å². The van der Waals surface area contributed by atoms with Gasteiger partial charge in [-0.25, -0.2) is 14.2 Å². The molecule has 174 valence electrons. The van der Waals surface area contributed by atoms with Gasteiger partial charge in [-0.15, -0.1) is 0 Å². The second kappa shape index (κ2) is 10.9. The summed E-state index contributed by atoms with van der Waals surface area (Å²) in [7, 11) is 1.36. The van der Waals surface area contributed by atoms with Crippen LogP contribution in [0.25, 0.3) is 0 Å². The number of pyridine rings is 1. The Morgan fingerprint density at radius 2 is 1.91 bits per heavy atom. The maximum absolute atomic E-state index is 13.6. The molecule has 1 aromatic heterocycles. The van der Waals surface area contributed by atoms with Crippen molar-refractivity contribution in [3.63, 3.8) is 0 Å². The molecule has 0 aliphatic carbocycles. The molecule has 0 spiro atoms. The summed E-state index contributed by atoms with van der Waals surface area (Å²) in [4.78, 5) is 29.1. The van der Waals surface area contributed by atoms with Crippen LogP contribution in [0.2, 0.25) is 0 Å². The molecule has 1 unspecified atom stereocenters. The average molecular weight is 447 g/mol. The number of benzene rings is 1. The third kappa shape index (κ3) is 5.75. The minimum Gasteiger partial charge on any atom is -0.503 e. The number of amides is 1. The molecule has 1 aromatic carbocycles. The summed E-state index contributed by atoms with van der Waals surface area (Å²) >= 11 is 0. The molecule has 2 aromatic rings. The largest absolute Gasteiger partial charge is 0.503 e. The summed E-state index contributed by atoms with van der Waals surface area (Å²) in [5.74, 6) is -1.95. The zero-order chi connectivity index (χ0) is 24.0. The van der Waals surface area contributed by atoms with Crippen LogP contribution in [0.15, 0.2) is 30.5 Å². The highest BCUT2D eigenvalue weighted by Crippen LogP contribution is 2.34. The molecule has 0 aliphatic rings. The predicted molar refractivity (Wildman–Crippen MR) is 118 cm³/mol. The number of methoxy groups -OCH3 is 1. The van der Waals surface area contributed by atoms with Gasteiger partial charge in [0.2, 0.25) is 0 Å². The van der Waals surface area contributed by atoms with Crippen molar-refractivity contribution >= 4 is 11.9 Å². The van der Waals surface area contributed by atoms with Gasteiger partial charge >= 0.3 is 5.97 Å². The fourth-order valence-corrected chi connectivity index (χ4v) is 3.74. The number of nitrogens with zero attached hydrogens (tertiary/aromatic N) is 1. The van der Waals surface area contributed by atoms with Crippen LogP contribution in [-0.2, 0) is 9.53 Å². The van der Waals surface area contributed by atoms with Crippen molar-refractivity contribution < 1.29 is 28.6 Å². The Bertz CT molecular complexity index is 965. The van der Waals surface area contributed by atoms with E-state index in [-0.39, 0.29) is 29.1 Å². The molecule has 1 amide bonds. The first-order valence-corrected chi connectivity index (χ1v) is 10.6. The molecule has 32 heavy (non-hydrogen) atoms. The van der Waals surface area contributed by atoms with Crippen molar-refractivity contribution in [1.29, 1.82) is 0 Å². The lowest BCUT2D eigenvalue weighted by molar-refractivity contribution is -0.151. The molecule has 0 saturated carbocycles. The molecular weight excluding hydrogens is 415 g/mol. The van der Waals surface area contributed by atoms with Crippen molar-refractivity contribution in [2.24, 2.45) is 5.92 Å². The molecule has 7 nitrogen and oxygen atoms in total. The van der Waals surface area contributed by atoms with Crippen LogP contribution in [0, 0.1) is 18.7 Å². The van der Waals surface area contributed by atoms with Gasteiger partial charge in [0.05, 0.1) is 7.11 Å². The van der Waals surface area contributed by atoms with E-state index in [1.165, 1.54) is 38.4 Å². The quantitative estimate of drug-likeness (QED) is 0.562. The number of aromatic hydroxyl groups is 1. The van der Waals surface area contributed by atoms with E-state index in [0.29, 0.717) is 0 Å². The lowest BCUT2D eigenvalue weighted by atomic mass is 9.80. The summed E-state index contributed by atoms with van der Waals surface area (Å²) in [5, 5.41) is 12.6. The van der Waals surface area contributed by atoms with Crippen LogP contribution in [0.3, 0.4) is 0 Å². The van der Waals surface area contributed by atoms with Crippen molar-refractivity contribution in [3.05, 3.63) is 53.1 Å². The topological polar surface area (TPSA) is 97.8 Å². The molecule has 0 radical (unpaired) electrons. The van der Waals surface area contributed by atoms with Crippen molar-refractivity contribution in [2.45, 2.75) is 59.1 Å². The highest BCUT2D eigenvalue weighted by Gasteiger charge is 2.31. The zero-order valence-electron chi connectivity index (χ0n) is 19.3. The third-order valence-electron chi connectivity index (χ3n) is 5.68. The SMILES string of the molecule is CCC(C)[C@H](c1ccc(F)cc1C)[C@H](C)OC(=O)[C@H](C)NC(=O)c1nccc(OC)c1O. The first kappa shape index (κ1) is 25.1. The van der Waals surface area contributed by atoms with Gasteiger partial charge in [0, 0.05) is 18.2 Å². The third-order valence-corrected chi connectivity index (χ3v) is 5.68. The fraction of sp³-hybridized carbons (Fsp3) is 0.458. The van der Waals surface area contributed by atoms with Gasteiger partial charge in [-0.2, -0.15) is 0 Å². The smallest absolute Gasteiger partial charge is 0.328 e. The van der Waals surface area contributed by atoms with Crippen LogP contribution in [-0.4, -0.2) is 41.2 Å². The number of aromatic nitrogens is 1. The van der Waals surface area contributed by atoms with Gasteiger partial charge in [-0.3, -0.25) is 4.79 Å². The number of carbonyl (C=O) groups excluding carboxylic acids is 2. The molecule has 2 rings (SSSR count). The van der Waals surface area contributed by atoms with Gasteiger partial charge in [0.1, 0.15) is 18.0 Å². The summed E-state index contributed by atoms with van der Waals surface area (Å²) in [6.45, 7) is 9.22. The van der Waals surface area contributed by atoms with Crippen LogP contribution in [0.1, 0.15) is 61.6 Å². The van der Waals surface area contributed by atoms with Crippen molar-refractivity contribution in [1.82, 2.24) is 10.3 Å². The standard InChI is InChI=1S/C24H31FN2O5/c1-7-13(2)20(18-9-8-17(25)12-14(18)3)16(5)32-24(30)15(4)27-23(29)21-22(28)19(31-6)10-11-26-21/h8-13,15-16,20,28H,7H2,1-6H3,(H,27,29)/t13?,15-,16-,20-/m0/s1. The van der Waals surface area contributed by atoms with E-state index >= 15 is 0 Å². The number of hydrogen-bond donors (Lipinski definition) is 2. The number of rotatable bonds is 9. The van der Waals surface area contributed by atoms with Gasteiger partial charge < -0.3 is 19.9 Å². The zero-order valence-corrected chi connectivity index (χ0v) is 19.3. The summed E-state index contributed by atoms with van der Waals surface area (Å²) in [5.41, 5.74) is 1.46. The molecule has 1 heterocycles. The first-order valence-electron chi connectivity index (χ1n) is 10.6. The van der Waals surface area contributed by atoms with Crippen LogP contribution < -0.4 is 10.1 Å². The number of carbonyl (C=O) groups is 2. The summed E-state index contributed by atoms with van der Waals surface area (Å²) in [6.07, 6.45) is 1.65. The average Bonchev–Trinajstić information content (AvgIpc) is 2.75. The van der Waals surface area contributed by atoms with Crippen LogP contribution >= 0.6 is 0 Å². The second-order valence-corrected chi connectivity index (χ2v) is 7.96. The number of hydrogen-bond acceptors (Lipinski definition) is 6. The molecule has 0 fully saturated rings. The van der Waals surface area contributed by atoms with Gasteiger partial charge in [0.15, 0.2) is 17.2 Å². The fourth-order valence-electron chi connectivity index (χ4n) is 3.74. The minimum atomic E-state index is -0.982. The van der Waals surface area contributed by atoms with Crippen molar-refractivity contribution in [3.8, 4) is 11.5 Å². The Hall–Kier alpha value is -3.16. The normalized spacial score (nSPS) is 14.7. The van der Waals surface area contributed by atoms with E-state index < -0.39 is 29.8 Å². The number of esters is 1. The molecule has 0 aliphatic heterocycles. The lowest BCUT2D eigenvalue weighted by Gasteiger charge is -2.31. The Morgan fingerprint density at radius 3 is 2.50 bits per heavy atom. The monoisotopic (exact) mass is 446 g/mol. The lowest BCUT2D eigenvalue weighted by Crippen LogP contribution is -2.42. The molecule has 0 bridgehead atoms. The Kier molecular flexibility index (Phi) is 8.57. The molecule has 0 saturated heterocycles. The Morgan fingerprint density at radius 1 is 1.22 bits per heavy atom. The highest BCUT2D eigenvalue weighted by atomic mass is 19.1. The predicted octanol–water partition coefficient (Wildman–Crippen LogP) is 4.12. The van der Waals surface area contributed by atoms with E-state index in [2.05, 4.69) is 17.2 Å². The molecule has 4 atom stereocenters. The maximum atomic E-state index is 13.6. The minimum absolute atomic E-state index is 0.0973. The Balaban J connectivity index is 2.14. The Labute approximate surface area is 188 Å². The number of halogens is 1. The number of aryl methyl sites for hydroxylation is 1. The number of ether oxygens (including phenoxy) is 2. The second-order valence-electron chi connectivity index (χ2n) is 7.96. The van der Waals surface area contributed by atoms with E-state index in [1.54, 1.807) is 13.0 Å². The van der Waals surface area contributed by atoms with E-state index in [4.69, 9.17) is 9.47 Å². The van der Waals surface area contributed by atoms with Crippen molar-refractivity contribution in [2.75, 3.05) is 7.11 Å². The summed E-state index contributed by atoms with van der Waals surface area (Å²) < 4.78 is 24.3. The van der Waals surface area contributed by atoms with Gasteiger partial charge in [0.25, 0.3) is 5.91 Å². The van der Waals surface area contributed by atoms with E-state index in [0.717, 1.165) is 17.5 Å². The molecule has 2 N–H and O–H groups in total. The van der Waals surface area contributed by atoms with Crippen LogP contribution in [0.4, 0.5) is 4.39 Å². The summed E-state index contributed by atoms with van der Waals surface area (Å²) in [6, 6.07) is 5.04. The first-order chi connectivity index (χ1) is 15.1. The highest BCUT2D eigenvalue weighted by molar-refractivity contribution is 5.97. The molecular formula is C24H31FN2O5. The number of nitrogens with one attached hydrogen (secondary N) is 1. The molecule has 8 heteroatoms. The van der Waals surface area contributed by atoms with E-state index in [1.807, 2.05) is 13.8 Å². The van der Waals surface area contributed by atoms with Gasteiger partial charge in [-0.05, 0) is 49.9 Å².